The summed E-state index contributed by atoms with van der Waals surface area (Å²) in [6.45, 7) is 4.87. The molecule has 1 aromatic carbocycles. The van der Waals surface area contributed by atoms with Gasteiger partial charge in [-0.05, 0) is 56.5 Å². The van der Waals surface area contributed by atoms with Gasteiger partial charge in [-0.15, -0.1) is 0 Å². The lowest BCUT2D eigenvalue weighted by Gasteiger charge is -2.34. The van der Waals surface area contributed by atoms with Crippen molar-refractivity contribution in [2.45, 2.75) is 51.5 Å². The highest BCUT2D eigenvalue weighted by atomic mass is 35.5. The van der Waals surface area contributed by atoms with E-state index >= 15 is 0 Å². The van der Waals surface area contributed by atoms with Gasteiger partial charge in [-0.25, -0.2) is 0 Å². The average molecular weight is 266 g/mol. The van der Waals surface area contributed by atoms with E-state index in [2.05, 4.69) is 24.0 Å². The van der Waals surface area contributed by atoms with Gasteiger partial charge in [0.1, 0.15) is 0 Å². The Balaban J connectivity index is 1.98. The van der Waals surface area contributed by atoms with Gasteiger partial charge in [-0.2, -0.15) is 0 Å². The zero-order valence-electron chi connectivity index (χ0n) is 11.4. The van der Waals surface area contributed by atoms with Crippen LogP contribution in [0.3, 0.4) is 0 Å². The van der Waals surface area contributed by atoms with Crippen LogP contribution >= 0.6 is 11.6 Å². The summed E-state index contributed by atoms with van der Waals surface area (Å²) in [7, 11) is 0. The fourth-order valence-electron chi connectivity index (χ4n) is 2.92. The van der Waals surface area contributed by atoms with Crippen LogP contribution in [0.2, 0.25) is 5.02 Å². The fraction of sp³-hybridized carbons (Fsp3) is 0.625. The second kappa shape index (κ2) is 7.16. The third kappa shape index (κ3) is 4.00. The largest absolute Gasteiger partial charge is 0.300 e. The molecule has 0 spiro atoms. The van der Waals surface area contributed by atoms with Crippen molar-refractivity contribution in [3.05, 3.63) is 34.9 Å². The molecule has 1 aliphatic heterocycles. The third-order valence-corrected chi connectivity index (χ3v) is 4.17. The number of likely N-dealkylation sites (tertiary alicyclic amines) is 1. The van der Waals surface area contributed by atoms with Crippen molar-refractivity contribution < 1.29 is 0 Å². The molecule has 1 unspecified atom stereocenters. The Morgan fingerprint density at radius 2 is 1.78 bits per heavy atom. The van der Waals surface area contributed by atoms with Crippen LogP contribution < -0.4 is 0 Å². The van der Waals surface area contributed by atoms with Gasteiger partial charge in [0.2, 0.25) is 0 Å². The van der Waals surface area contributed by atoms with Crippen LogP contribution in [0.25, 0.3) is 0 Å². The van der Waals surface area contributed by atoms with Crippen molar-refractivity contribution in [1.82, 2.24) is 4.90 Å². The molecular weight excluding hydrogens is 242 g/mol. The number of nitrogens with zero attached hydrogens (tertiary/aromatic N) is 1. The molecule has 1 nitrogen and oxygen atoms in total. The molecule has 2 heteroatoms. The molecule has 18 heavy (non-hydrogen) atoms. The molecule has 0 saturated carbocycles. The molecule has 100 valence electrons. The van der Waals surface area contributed by atoms with Gasteiger partial charge in [0, 0.05) is 11.1 Å². The van der Waals surface area contributed by atoms with E-state index in [1.165, 1.54) is 57.2 Å². The van der Waals surface area contributed by atoms with E-state index in [1.54, 1.807) is 0 Å². The van der Waals surface area contributed by atoms with Crippen molar-refractivity contribution in [3.8, 4) is 0 Å². The molecule has 0 amide bonds. The number of hydrogen-bond donors (Lipinski definition) is 0. The van der Waals surface area contributed by atoms with Gasteiger partial charge in [0.15, 0.2) is 0 Å². The quantitative estimate of drug-likeness (QED) is 0.756. The zero-order chi connectivity index (χ0) is 12.8. The van der Waals surface area contributed by atoms with Crippen molar-refractivity contribution >= 4 is 11.6 Å². The molecule has 1 aromatic rings. The SMILES string of the molecule is CCCC(Cc1ccc(Cl)cc1)N1CCCCC1. The van der Waals surface area contributed by atoms with Crippen LogP contribution in [0.15, 0.2) is 24.3 Å². The van der Waals surface area contributed by atoms with Gasteiger partial charge < -0.3 is 4.90 Å². The van der Waals surface area contributed by atoms with Crippen molar-refractivity contribution in [2.75, 3.05) is 13.1 Å². The van der Waals surface area contributed by atoms with Crippen LogP contribution in [0, 0.1) is 0 Å². The highest BCUT2D eigenvalue weighted by Gasteiger charge is 2.19. The lowest BCUT2D eigenvalue weighted by molar-refractivity contribution is 0.153. The number of benzene rings is 1. The third-order valence-electron chi connectivity index (χ3n) is 3.91. The van der Waals surface area contributed by atoms with Crippen LogP contribution in [-0.2, 0) is 6.42 Å². The molecular formula is C16H24ClN. The summed E-state index contributed by atoms with van der Waals surface area (Å²) in [5, 5.41) is 0.837. The Kier molecular flexibility index (Phi) is 5.52. The lowest BCUT2D eigenvalue weighted by Crippen LogP contribution is -2.40. The van der Waals surface area contributed by atoms with E-state index in [-0.39, 0.29) is 0 Å². The second-order valence-electron chi connectivity index (χ2n) is 5.37. The Morgan fingerprint density at radius 3 is 2.39 bits per heavy atom. The maximum absolute atomic E-state index is 5.95. The molecule has 1 saturated heterocycles. The van der Waals surface area contributed by atoms with Gasteiger partial charge >= 0.3 is 0 Å². The number of piperidine rings is 1. The molecule has 0 bridgehead atoms. The molecule has 0 radical (unpaired) electrons. The van der Waals surface area contributed by atoms with Crippen LogP contribution in [0.4, 0.5) is 0 Å². The number of rotatable bonds is 5. The first kappa shape index (κ1) is 13.9. The van der Waals surface area contributed by atoms with Gasteiger partial charge in [0.25, 0.3) is 0 Å². The van der Waals surface area contributed by atoms with E-state index in [9.17, 15) is 0 Å². The monoisotopic (exact) mass is 265 g/mol. The zero-order valence-corrected chi connectivity index (χ0v) is 12.1. The second-order valence-corrected chi connectivity index (χ2v) is 5.81. The maximum Gasteiger partial charge on any atom is 0.0406 e. The Hall–Kier alpha value is -0.530. The summed E-state index contributed by atoms with van der Waals surface area (Å²) in [6, 6.07) is 9.09. The summed E-state index contributed by atoms with van der Waals surface area (Å²) in [5.41, 5.74) is 1.42. The van der Waals surface area contributed by atoms with E-state index in [0.29, 0.717) is 0 Å². The lowest BCUT2D eigenvalue weighted by atomic mass is 9.98. The molecule has 0 N–H and O–H groups in total. The summed E-state index contributed by atoms with van der Waals surface area (Å²) >= 11 is 5.95. The van der Waals surface area contributed by atoms with E-state index in [4.69, 9.17) is 11.6 Å². The Labute approximate surface area is 116 Å². The maximum atomic E-state index is 5.95. The minimum atomic E-state index is 0.719. The summed E-state index contributed by atoms with van der Waals surface area (Å²) in [6.07, 6.45) is 7.92. The van der Waals surface area contributed by atoms with Crippen LogP contribution in [0.1, 0.15) is 44.6 Å². The topological polar surface area (TPSA) is 3.24 Å². The first-order valence-electron chi connectivity index (χ1n) is 7.28. The normalized spacial score (nSPS) is 18.8. The minimum absolute atomic E-state index is 0.719. The molecule has 1 aliphatic rings. The van der Waals surface area contributed by atoms with Gasteiger partial charge in [0.05, 0.1) is 0 Å². The molecule has 0 aliphatic carbocycles. The first-order valence-corrected chi connectivity index (χ1v) is 7.66. The first-order chi connectivity index (χ1) is 8.79. The molecule has 0 aromatic heterocycles. The Bertz CT molecular complexity index is 341. The smallest absolute Gasteiger partial charge is 0.0406 e. The molecule has 1 heterocycles. The molecule has 1 fully saturated rings. The Morgan fingerprint density at radius 1 is 1.11 bits per heavy atom. The number of hydrogen-bond acceptors (Lipinski definition) is 1. The van der Waals surface area contributed by atoms with E-state index < -0.39 is 0 Å². The summed E-state index contributed by atoms with van der Waals surface area (Å²) in [5.74, 6) is 0. The predicted octanol–water partition coefficient (Wildman–Crippen LogP) is 4.54. The van der Waals surface area contributed by atoms with Crippen molar-refractivity contribution in [2.24, 2.45) is 0 Å². The van der Waals surface area contributed by atoms with Crippen LogP contribution in [-0.4, -0.2) is 24.0 Å². The average Bonchev–Trinajstić information content (AvgIpc) is 2.42. The number of halogens is 1. The van der Waals surface area contributed by atoms with Gasteiger partial charge in [-0.3, -0.25) is 0 Å². The molecule has 1 atom stereocenters. The minimum Gasteiger partial charge on any atom is -0.300 e. The summed E-state index contributed by atoms with van der Waals surface area (Å²) in [4.78, 5) is 2.70. The van der Waals surface area contributed by atoms with Crippen molar-refractivity contribution in [3.63, 3.8) is 0 Å². The van der Waals surface area contributed by atoms with Crippen molar-refractivity contribution in [1.29, 1.82) is 0 Å². The van der Waals surface area contributed by atoms with Gasteiger partial charge in [-0.1, -0.05) is 43.5 Å². The summed E-state index contributed by atoms with van der Waals surface area (Å²) < 4.78 is 0. The predicted molar refractivity (Wildman–Crippen MR) is 79.3 cm³/mol. The highest BCUT2D eigenvalue weighted by molar-refractivity contribution is 6.30. The van der Waals surface area contributed by atoms with E-state index in [1.807, 2.05) is 12.1 Å². The van der Waals surface area contributed by atoms with E-state index in [0.717, 1.165) is 11.1 Å². The van der Waals surface area contributed by atoms with Crippen LogP contribution in [0.5, 0.6) is 0 Å². The fourth-order valence-corrected chi connectivity index (χ4v) is 3.05. The highest BCUT2D eigenvalue weighted by Crippen LogP contribution is 2.20. The molecule has 2 rings (SSSR count). The standard InChI is InChI=1S/C16H24ClN/c1-2-6-16(18-11-4-3-5-12-18)13-14-7-9-15(17)10-8-14/h7-10,16H,2-6,11-13H2,1H3.